The van der Waals surface area contributed by atoms with Crippen molar-refractivity contribution in [3.63, 3.8) is 0 Å². The molecule has 2 rings (SSSR count). The van der Waals surface area contributed by atoms with E-state index in [9.17, 15) is 13.2 Å². The molecule has 1 amide bonds. The zero-order chi connectivity index (χ0) is 16.9. The Morgan fingerprint density at radius 1 is 1.09 bits per heavy atom. The molecule has 0 aliphatic heterocycles. The second-order valence-corrected chi connectivity index (χ2v) is 7.45. The summed E-state index contributed by atoms with van der Waals surface area (Å²) in [5.41, 5.74) is 1.10. The van der Waals surface area contributed by atoms with Gasteiger partial charge in [0.25, 0.3) is 0 Å². The van der Waals surface area contributed by atoms with Crippen molar-refractivity contribution >= 4 is 21.4 Å². The molecule has 5 nitrogen and oxygen atoms in total. The van der Waals surface area contributed by atoms with Gasteiger partial charge in [-0.3, -0.25) is 4.79 Å². The first kappa shape index (κ1) is 17.0. The number of sulfone groups is 1. The van der Waals surface area contributed by atoms with Gasteiger partial charge in [-0.05, 0) is 24.6 Å². The zero-order valence-electron chi connectivity index (χ0n) is 13.0. The van der Waals surface area contributed by atoms with E-state index in [4.69, 9.17) is 4.74 Å². The van der Waals surface area contributed by atoms with E-state index in [-0.39, 0.29) is 5.75 Å². The third-order valence-electron chi connectivity index (χ3n) is 3.48. The van der Waals surface area contributed by atoms with Crippen molar-refractivity contribution in [1.29, 1.82) is 0 Å². The lowest BCUT2D eigenvalue weighted by Crippen LogP contribution is -2.33. The van der Waals surface area contributed by atoms with E-state index < -0.39 is 21.0 Å². The van der Waals surface area contributed by atoms with Crippen LogP contribution < -0.4 is 10.1 Å². The first-order valence-corrected chi connectivity index (χ1v) is 8.85. The fraction of sp³-hybridized carbons (Fsp3) is 0.235. The Labute approximate surface area is 136 Å². The average Bonchev–Trinajstić information content (AvgIpc) is 2.55. The summed E-state index contributed by atoms with van der Waals surface area (Å²) in [5.74, 6) is -0.270. The normalized spacial score (nSPS) is 12.4. The Kier molecular flexibility index (Phi) is 5.39. The molecule has 0 bridgehead atoms. The lowest BCUT2D eigenvalue weighted by atomic mass is 10.2. The first-order chi connectivity index (χ1) is 10.9. The highest BCUT2D eigenvalue weighted by Crippen LogP contribution is 2.24. The van der Waals surface area contributed by atoms with Crippen molar-refractivity contribution in [2.24, 2.45) is 0 Å². The number of carbonyl (C=O) groups excluding carboxylic acids is 1. The molecule has 6 heteroatoms. The number of amides is 1. The molecule has 122 valence electrons. The van der Waals surface area contributed by atoms with Crippen molar-refractivity contribution in [2.45, 2.75) is 17.9 Å². The Morgan fingerprint density at radius 3 is 2.35 bits per heavy atom. The molecule has 0 saturated carbocycles. The van der Waals surface area contributed by atoms with Crippen LogP contribution in [0, 0.1) is 0 Å². The Bertz CT molecular complexity index is 772. The predicted octanol–water partition coefficient (Wildman–Crippen LogP) is 2.64. The zero-order valence-corrected chi connectivity index (χ0v) is 13.8. The molecule has 2 aromatic carbocycles. The second-order valence-electron chi connectivity index (χ2n) is 5.12. The summed E-state index contributed by atoms with van der Waals surface area (Å²) >= 11 is 0. The molecule has 0 aliphatic rings. The second kappa shape index (κ2) is 7.28. The Balaban J connectivity index is 2.12. The maximum atomic E-state index is 12.4. The van der Waals surface area contributed by atoms with Crippen LogP contribution in [0.1, 0.15) is 12.5 Å². The topological polar surface area (TPSA) is 72.5 Å². The van der Waals surface area contributed by atoms with E-state index in [1.54, 1.807) is 48.5 Å². The third kappa shape index (κ3) is 4.32. The van der Waals surface area contributed by atoms with E-state index in [0.29, 0.717) is 17.0 Å². The summed E-state index contributed by atoms with van der Waals surface area (Å²) in [6.07, 6.45) is 0. The van der Waals surface area contributed by atoms with Gasteiger partial charge in [-0.2, -0.15) is 0 Å². The number of carbonyl (C=O) groups is 1. The molecule has 0 radical (unpaired) electrons. The minimum atomic E-state index is -3.61. The van der Waals surface area contributed by atoms with E-state index in [2.05, 4.69) is 5.32 Å². The van der Waals surface area contributed by atoms with Crippen LogP contribution in [0.4, 0.5) is 5.69 Å². The number of hydrogen-bond donors (Lipinski definition) is 1. The monoisotopic (exact) mass is 333 g/mol. The molecule has 1 unspecified atom stereocenters. The third-order valence-corrected chi connectivity index (χ3v) is 5.51. The van der Waals surface area contributed by atoms with Crippen LogP contribution in [-0.4, -0.2) is 26.7 Å². The largest absolute Gasteiger partial charge is 0.495 e. The van der Waals surface area contributed by atoms with Crippen molar-refractivity contribution in [3.8, 4) is 5.75 Å². The molecule has 0 heterocycles. The van der Waals surface area contributed by atoms with Crippen LogP contribution in [0.5, 0.6) is 5.75 Å². The fourth-order valence-electron chi connectivity index (χ4n) is 2.08. The molecule has 2 aromatic rings. The maximum Gasteiger partial charge on any atom is 0.242 e. The summed E-state index contributed by atoms with van der Waals surface area (Å²) in [6, 6.07) is 15.7. The van der Waals surface area contributed by atoms with Crippen LogP contribution in [0.15, 0.2) is 54.6 Å². The Morgan fingerprint density at radius 2 is 1.70 bits per heavy atom. The summed E-state index contributed by atoms with van der Waals surface area (Å²) in [5, 5.41) is 1.45. The number of ether oxygens (including phenoxy) is 1. The maximum absolute atomic E-state index is 12.4. The van der Waals surface area contributed by atoms with Gasteiger partial charge in [-0.25, -0.2) is 8.42 Å². The van der Waals surface area contributed by atoms with Crippen molar-refractivity contribution in [2.75, 3.05) is 12.4 Å². The summed E-state index contributed by atoms with van der Waals surface area (Å²) in [6.45, 7) is 1.39. The number of para-hydroxylation sites is 2. The van der Waals surface area contributed by atoms with Crippen LogP contribution in [-0.2, 0) is 20.4 Å². The number of rotatable bonds is 6. The molecule has 0 saturated heterocycles. The van der Waals surface area contributed by atoms with Crippen molar-refractivity contribution in [1.82, 2.24) is 0 Å². The molecule has 1 atom stereocenters. The van der Waals surface area contributed by atoms with Gasteiger partial charge in [-0.1, -0.05) is 42.5 Å². The molecular formula is C17H19NO4S. The van der Waals surface area contributed by atoms with Gasteiger partial charge in [0.05, 0.1) is 18.6 Å². The van der Waals surface area contributed by atoms with Gasteiger partial charge in [0, 0.05) is 0 Å². The van der Waals surface area contributed by atoms with E-state index in [0.717, 1.165) is 0 Å². The number of anilines is 1. The molecule has 0 aromatic heterocycles. The molecule has 0 aliphatic carbocycles. The fourth-order valence-corrected chi connectivity index (χ4v) is 3.37. The van der Waals surface area contributed by atoms with Crippen LogP contribution in [0.3, 0.4) is 0 Å². The van der Waals surface area contributed by atoms with Gasteiger partial charge in [0.1, 0.15) is 11.0 Å². The summed E-state index contributed by atoms with van der Waals surface area (Å²) in [4.78, 5) is 12.3. The van der Waals surface area contributed by atoms with Gasteiger partial charge in [0.15, 0.2) is 9.84 Å². The van der Waals surface area contributed by atoms with E-state index in [1.807, 2.05) is 6.07 Å². The van der Waals surface area contributed by atoms with Gasteiger partial charge in [0.2, 0.25) is 5.91 Å². The van der Waals surface area contributed by atoms with Crippen molar-refractivity contribution in [3.05, 3.63) is 60.2 Å². The summed E-state index contributed by atoms with van der Waals surface area (Å²) < 4.78 is 29.9. The SMILES string of the molecule is COc1ccccc1NC(=O)C(C)S(=O)(=O)Cc1ccccc1. The quantitative estimate of drug-likeness (QED) is 0.882. The Hall–Kier alpha value is -2.34. The minimum Gasteiger partial charge on any atom is -0.495 e. The number of nitrogens with one attached hydrogen (secondary N) is 1. The smallest absolute Gasteiger partial charge is 0.242 e. The lowest BCUT2D eigenvalue weighted by molar-refractivity contribution is -0.115. The van der Waals surface area contributed by atoms with Crippen LogP contribution in [0.2, 0.25) is 0 Å². The summed E-state index contributed by atoms with van der Waals surface area (Å²) in [7, 11) is -2.12. The molecule has 23 heavy (non-hydrogen) atoms. The van der Waals surface area contributed by atoms with E-state index in [1.165, 1.54) is 14.0 Å². The predicted molar refractivity (Wildman–Crippen MR) is 90.2 cm³/mol. The first-order valence-electron chi connectivity index (χ1n) is 7.13. The van der Waals surface area contributed by atoms with Gasteiger partial charge in [-0.15, -0.1) is 0 Å². The van der Waals surface area contributed by atoms with E-state index >= 15 is 0 Å². The highest BCUT2D eigenvalue weighted by atomic mass is 32.2. The number of hydrogen-bond acceptors (Lipinski definition) is 4. The van der Waals surface area contributed by atoms with Crippen molar-refractivity contribution < 1.29 is 17.9 Å². The molecule has 0 fully saturated rings. The molecule has 1 N–H and O–H groups in total. The number of methoxy groups -OCH3 is 1. The molecule has 0 spiro atoms. The number of benzene rings is 2. The highest BCUT2D eigenvalue weighted by Gasteiger charge is 2.28. The molecular weight excluding hydrogens is 314 g/mol. The van der Waals surface area contributed by atoms with Crippen LogP contribution in [0.25, 0.3) is 0 Å². The minimum absolute atomic E-state index is 0.172. The average molecular weight is 333 g/mol. The van der Waals surface area contributed by atoms with Crippen LogP contribution >= 0.6 is 0 Å². The van der Waals surface area contributed by atoms with Gasteiger partial charge < -0.3 is 10.1 Å². The lowest BCUT2D eigenvalue weighted by Gasteiger charge is -2.15. The highest BCUT2D eigenvalue weighted by molar-refractivity contribution is 7.92. The van der Waals surface area contributed by atoms with Gasteiger partial charge >= 0.3 is 0 Å². The standard InChI is InChI=1S/C17H19NO4S/c1-13(23(20,21)12-14-8-4-3-5-9-14)17(19)18-15-10-6-7-11-16(15)22-2/h3-11,13H,12H2,1-2H3,(H,18,19).